The second kappa shape index (κ2) is 7.05. The van der Waals surface area contributed by atoms with Crippen molar-refractivity contribution in [3.8, 4) is 11.1 Å². The summed E-state index contributed by atoms with van der Waals surface area (Å²) in [4.78, 5) is 19.8. The zero-order chi connectivity index (χ0) is 19.8. The van der Waals surface area contributed by atoms with Gasteiger partial charge in [0.25, 0.3) is 5.91 Å². The summed E-state index contributed by atoms with van der Waals surface area (Å²) < 4.78 is 14.1. The summed E-state index contributed by atoms with van der Waals surface area (Å²) in [6.45, 7) is 0.980. The standard InChI is InChI=1S/C23H19FN4O/c24-22-17(4-2-10-26-22)14-5-7-21-18(12-14)19(13-27-21)23(29)28-16-6-8-20-15(11-16)3-1-9-25-20/h2,4-8,10-13,25,27H,1,3,9H2,(H,28,29). The smallest absolute Gasteiger partial charge is 0.257 e. The molecule has 5 rings (SSSR count). The van der Waals surface area contributed by atoms with Crippen LogP contribution in [0.3, 0.4) is 0 Å². The van der Waals surface area contributed by atoms with Gasteiger partial charge in [-0.2, -0.15) is 4.39 Å². The lowest BCUT2D eigenvalue weighted by molar-refractivity contribution is 0.102. The van der Waals surface area contributed by atoms with Gasteiger partial charge in [0.2, 0.25) is 5.95 Å². The average Bonchev–Trinajstić information content (AvgIpc) is 3.17. The number of anilines is 2. The van der Waals surface area contributed by atoms with E-state index in [0.717, 1.165) is 41.7 Å². The first-order valence-corrected chi connectivity index (χ1v) is 9.59. The number of amides is 1. The molecule has 5 nitrogen and oxygen atoms in total. The molecule has 144 valence electrons. The lowest BCUT2D eigenvalue weighted by Crippen LogP contribution is -2.14. The fourth-order valence-corrected chi connectivity index (χ4v) is 3.83. The van der Waals surface area contributed by atoms with Gasteiger partial charge in [-0.25, -0.2) is 4.98 Å². The molecule has 0 unspecified atom stereocenters. The number of aromatic amines is 1. The zero-order valence-corrected chi connectivity index (χ0v) is 15.6. The molecule has 0 saturated carbocycles. The number of hydrogen-bond acceptors (Lipinski definition) is 3. The molecule has 1 amide bonds. The largest absolute Gasteiger partial charge is 0.385 e. The minimum Gasteiger partial charge on any atom is -0.385 e. The molecule has 4 aromatic rings. The molecule has 3 heterocycles. The Hall–Kier alpha value is -3.67. The topological polar surface area (TPSA) is 69.8 Å². The SMILES string of the molecule is O=C(Nc1ccc2c(c1)CCCN2)c1c[nH]c2ccc(-c3cccnc3F)cc12. The Morgan fingerprint density at radius 3 is 2.97 bits per heavy atom. The van der Waals surface area contributed by atoms with Crippen LogP contribution in [0, 0.1) is 5.95 Å². The van der Waals surface area contributed by atoms with Gasteiger partial charge in [0.15, 0.2) is 0 Å². The quantitative estimate of drug-likeness (QED) is 0.435. The number of carbonyl (C=O) groups is 1. The highest BCUT2D eigenvalue weighted by atomic mass is 19.1. The molecule has 0 spiro atoms. The van der Waals surface area contributed by atoms with Gasteiger partial charge in [0.1, 0.15) is 0 Å². The minimum absolute atomic E-state index is 0.205. The molecule has 2 aromatic heterocycles. The number of aryl methyl sites for hydroxylation is 1. The molecule has 0 radical (unpaired) electrons. The van der Waals surface area contributed by atoms with E-state index in [1.54, 1.807) is 18.3 Å². The summed E-state index contributed by atoms with van der Waals surface area (Å²) in [5.41, 5.74) is 5.52. The number of H-pyrrole nitrogens is 1. The van der Waals surface area contributed by atoms with Gasteiger partial charge in [-0.1, -0.05) is 6.07 Å². The van der Waals surface area contributed by atoms with Crippen molar-refractivity contribution < 1.29 is 9.18 Å². The third-order valence-electron chi connectivity index (χ3n) is 5.30. The Morgan fingerprint density at radius 1 is 1.14 bits per heavy atom. The van der Waals surface area contributed by atoms with Crippen molar-refractivity contribution in [1.82, 2.24) is 9.97 Å². The maximum atomic E-state index is 14.1. The zero-order valence-electron chi connectivity index (χ0n) is 15.6. The first-order valence-electron chi connectivity index (χ1n) is 9.59. The Balaban J connectivity index is 1.47. The van der Waals surface area contributed by atoms with Crippen molar-refractivity contribution in [2.75, 3.05) is 17.2 Å². The number of nitrogens with zero attached hydrogens (tertiary/aromatic N) is 1. The van der Waals surface area contributed by atoms with E-state index in [1.807, 2.05) is 36.4 Å². The molecule has 0 fully saturated rings. The van der Waals surface area contributed by atoms with Crippen LogP contribution in [0.25, 0.3) is 22.0 Å². The van der Waals surface area contributed by atoms with Gasteiger partial charge in [-0.15, -0.1) is 0 Å². The van der Waals surface area contributed by atoms with Crippen LogP contribution >= 0.6 is 0 Å². The Kier molecular flexibility index (Phi) is 4.24. The first kappa shape index (κ1) is 17.4. The van der Waals surface area contributed by atoms with E-state index in [2.05, 4.69) is 20.6 Å². The maximum Gasteiger partial charge on any atom is 0.257 e. The molecule has 2 aromatic carbocycles. The van der Waals surface area contributed by atoms with Crippen molar-refractivity contribution in [1.29, 1.82) is 0 Å². The van der Waals surface area contributed by atoms with Gasteiger partial charge in [-0.05, 0) is 66.4 Å². The number of nitrogens with one attached hydrogen (secondary N) is 3. The highest BCUT2D eigenvalue weighted by molar-refractivity contribution is 6.13. The first-order chi connectivity index (χ1) is 14.2. The number of halogens is 1. The van der Waals surface area contributed by atoms with Crippen LogP contribution in [0.2, 0.25) is 0 Å². The molecule has 29 heavy (non-hydrogen) atoms. The lowest BCUT2D eigenvalue weighted by Gasteiger charge is -2.18. The Labute approximate surface area is 167 Å². The van der Waals surface area contributed by atoms with E-state index in [1.165, 1.54) is 11.8 Å². The molecule has 0 atom stereocenters. The normalized spacial score (nSPS) is 13.0. The van der Waals surface area contributed by atoms with Gasteiger partial charge in [0, 0.05) is 46.8 Å². The summed E-state index contributed by atoms with van der Waals surface area (Å²) in [6, 6.07) is 14.8. The monoisotopic (exact) mass is 386 g/mol. The van der Waals surface area contributed by atoms with Crippen LogP contribution < -0.4 is 10.6 Å². The summed E-state index contributed by atoms with van der Waals surface area (Å²) in [5, 5.41) is 7.09. The third-order valence-corrected chi connectivity index (χ3v) is 5.30. The molecule has 1 aliphatic rings. The molecule has 1 aliphatic heterocycles. The molecule has 3 N–H and O–H groups in total. The highest BCUT2D eigenvalue weighted by Crippen LogP contribution is 2.29. The van der Waals surface area contributed by atoms with Crippen LogP contribution in [0.15, 0.2) is 60.9 Å². The third kappa shape index (κ3) is 3.23. The summed E-state index contributed by atoms with van der Waals surface area (Å²) in [6.07, 6.45) is 5.18. The number of rotatable bonds is 3. The number of benzene rings is 2. The van der Waals surface area contributed by atoms with Crippen LogP contribution in [0.5, 0.6) is 0 Å². The van der Waals surface area contributed by atoms with Gasteiger partial charge >= 0.3 is 0 Å². The molecule has 0 aliphatic carbocycles. The number of pyridine rings is 1. The van der Waals surface area contributed by atoms with E-state index < -0.39 is 5.95 Å². The Bertz CT molecular complexity index is 1230. The number of aromatic nitrogens is 2. The van der Waals surface area contributed by atoms with Crippen molar-refractivity contribution >= 4 is 28.2 Å². The summed E-state index contributed by atoms with van der Waals surface area (Å²) in [5.74, 6) is -0.736. The van der Waals surface area contributed by atoms with Crippen molar-refractivity contribution in [2.24, 2.45) is 0 Å². The van der Waals surface area contributed by atoms with Gasteiger partial charge in [0.05, 0.1) is 5.56 Å². The van der Waals surface area contributed by atoms with Crippen LogP contribution in [-0.2, 0) is 6.42 Å². The number of hydrogen-bond donors (Lipinski definition) is 3. The lowest BCUT2D eigenvalue weighted by atomic mass is 10.0. The van der Waals surface area contributed by atoms with Crippen LogP contribution in [0.1, 0.15) is 22.3 Å². The van der Waals surface area contributed by atoms with Crippen LogP contribution in [-0.4, -0.2) is 22.4 Å². The Morgan fingerprint density at radius 2 is 2.07 bits per heavy atom. The summed E-state index contributed by atoms with van der Waals surface area (Å²) in [7, 11) is 0. The molecular formula is C23H19FN4O. The van der Waals surface area contributed by atoms with E-state index in [0.29, 0.717) is 16.7 Å². The number of carbonyl (C=O) groups excluding carboxylic acids is 1. The number of fused-ring (bicyclic) bond motifs is 2. The second-order valence-corrected chi connectivity index (χ2v) is 7.16. The van der Waals surface area contributed by atoms with E-state index >= 15 is 0 Å². The van der Waals surface area contributed by atoms with E-state index in [-0.39, 0.29) is 5.91 Å². The summed E-state index contributed by atoms with van der Waals surface area (Å²) >= 11 is 0. The van der Waals surface area contributed by atoms with E-state index in [9.17, 15) is 9.18 Å². The van der Waals surface area contributed by atoms with Crippen molar-refractivity contribution in [2.45, 2.75) is 12.8 Å². The second-order valence-electron chi connectivity index (χ2n) is 7.16. The molecule has 6 heteroatoms. The predicted molar refractivity (Wildman–Crippen MR) is 113 cm³/mol. The fraction of sp³-hybridized carbons (Fsp3) is 0.130. The van der Waals surface area contributed by atoms with E-state index in [4.69, 9.17) is 0 Å². The highest BCUT2D eigenvalue weighted by Gasteiger charge is 2.16. The molecule has 0 bridgehead atoms. The van der Waals surface area contributed by atoms with Gasteiger partial charge < -0.3 is 15.6 Å². The fourth-order valence-electron chi connectivity index (χ4n) is 3.83. The maximum absolute atomic E-state index is 14.1. The van der Waals surface area contributed by atoms with Crippen molar-refractivity contribution in [3.05, 3.63) is 78.0 Å². The molecule has 0 saturated heterocycles. The average molecular weight is 386 g/mol. The van der Waals surface area contributed by atoms with Crippen LogP contribution in [0.4, 0.5) is 15.8 Å². The van der Waals surface area contributed by atoms with Gasteiger partial charge in [-0.3, -0.25) is 4.79 Å². The van der Waals surface area contributed by atoms with Crippen molar-refractivity contribution in [3.63, 3.8) is 0 Å². The molecular weight excluding hydrogens is 367 g/mol. The minimum atomic E-state index is -0.531. The predicted octanol–water partition coefficient (Wildman–Crippen LogP) is 4.98.